The molecule has 1 aromatic rings. The number of carbonyl (C=O) groups is 3. The lowest BCUT2D eigenvalue weighted by atomic mass is 9.94. The van der Waals surface area contributed by atoms with Gasteiger partial charge in [0.05, 0.1) is 4.92 Å². The normalized spacial score (nSPS) is 16.4. The minimum Gasteiger partial charge on any atom is -0.451 e. The summed E-state index contributed by atoms with van der Waals surface area (Å²) in [5.74, 6) is -1.67. The van der Waals surface area contributed by atoms with Crippen LogP contribution in [0.5, 0.6) is 0 Å². The number of nitro benzene ring substituents is 1. The molecule has 0 saturated heterocycles. The largest absolute Gasteiger partial charge is 0.451 e. The maximum Gasteiger partial charge on any atom is 0.329 e. The summed E-state index contributed by atoms with van der Waals surface area (Å²) >= 11 is 0. The first kappa shape index (κ1) is 22.3. The van der Waals surface area contributed by atoms with E-state index in [9.17, 15) is 24.5 Å². The van der Waals surface area contributed by atoms with Gasteiger partial charge in [-0.3, -0.25) is 19.7 Å². The second-order valence-corrected chi connectivity index (χ2v) is 7.32. The second kappa shape index (κ2) is 9.99. The molecule has 1 aliphatic carbocycles. The van der Waals surface area contributed by atoms with E-state index in [1.54, 1.807) is 11.9 Å². The first-order chi connectivity index (χ1) is 13.7. The lowest BCUT2D eigenvalue weighted by Gasteiger charge is -2.32. The van der Waals surface area contributed by atoms with Crippen LogP contribution in [0.3, 0.4) is 0 Å². The van der Waals surface area contributed by atoms with Crippen LogP contribution in [0, 0.1) is 10.1 Å². The van der Waals surface area contributed by atoms with E-state index in [-0.39, 0.29) is 23.2 Å². The van der Waals surface area contributed by atoms with E-state index in [1.807, 2.05) is 0 Å². The third-order valence-corrected chi connectivity index (χ3v) is 5.13. The highest BCUT2D eigenvalue weighted by Gasteiger charge is 2.29. The lowest BCUT2D eigenvalue weighted by Crippen LogP contribution is -2.46. The molecular weight excluding hydrogens is 378 g/mol. The average Bonchev–Trinajstić information content (AvgIpc) is 2.73. The summed E-state index contributed by atoms with van der Waals surface area (Å²) in [6, 6.07) is 4.33. The van der Waals surface area contributed by atoms with Crippen LogP contribution in [0.15, 0.2) is 24.3 Å². The lowest BCUT2D eigenvalue weighted by molar-refractivity contribution is -0.384. The van der Waals surface area contributed by atoms with Crippen LogP contribution in [-0.4, -0.2) is 52.8 Å². The van der Waals surface area contributed by atoms with Gasteiger partial charge in [-0.1, -0.05) is 25.3 Å². The van der Waals surface area contributed by atoms with Gasteiger partial charge in [-0.05, 0) is 32.8 Å². The molecule has 9 heteroatoms. The molecule has 1 aliphatic rings. The van der Waals surface area contributed by atoms with Crippen LogP contribution in [0.25, 0.3) is 0 Å². The van der Waals surface area contributed by atoms with Crippen LogP contribution in [0.4, 0.5) is 5.69 Å². The molecule has 0 spiro atoms. The Labute approximate surface area is 169 Å². The third-order valence-electron chi connectivity index (χ3n) is 5.13. The Kier molecular flexibility index (Phi) is 7.69. The SMILES string of the molecule is CC(NC(=O)c1cccc([N+](=O)[O-])c1)C(=O)OC(C)C(=O)N(C)C1CCCCC1. The minimum absolute atomic E-state index is 0.0556. The highest BCUT2D eigenvalue weighted by molar-refractivity contribution is 5.97. The molecule has 2 atom stereocenters. The van der Waals surface area contributed by atoms with Crippen molar-refractivity contribution in [2.75, 3.05) is 7.05 Å². The number of hydrogen-bond acceptors (Lipinski definition) is 6. The van der Waals surface area contributed by atoms with Crippen molar-refractivity contribution in [2.45, 2.75) is 64.1 Å². The van der Waals surface area contributed by atoms with Crippen molar-refractivity contribution in [2.24, 2.45) is 0 Å². The average molecular weight is 405 g/mol. The molecule has 0 aromatic heterocycles. The van der Waals surface area contributed by atoms with Crippen molar-refractivity contribution in [3.8, 4) is 0 Å². The third kappa shape index (κ3) is 6.00. The fraction of sp³-hybridized carbons (Fsp3) is 0.550. The summed E-state index contributed by atoms with van der Waals surface area (Å²) < 4.78 is 5.23. The van der Waals surface area contributed by atoms with Gasteiger partial charge in [0.2, 0.25) is 0 Å². The standard InChI is InChI=1S/C20H27N3O6/c1-13(21-18(24)15-8-7-11-17(12-15)23(27)28)20(26)29-14(2)19(25)22(3)16-9-5-4-6-10-16/h7-8,11-14,16H,4-6,9-10H2,1-3H3,(H,21,24). The minimum atomic E-state index is -1.02. The Bertz CT molecular complexity index is 775. The van der Waals surface area contributed by atoms with Gasteiger partial charge in [0, 0.05) is 30.8 Å². The molecule has 1 saturated carbocycles. The van der Waals surface area contributed by atoms with Gasteiger partial charge in [0.25, 0.3) is 17.5 Å². The van der Waals surface area contributed by atoms with Crippen molar-refractivity contribution in [1.82, 2.24) is 10.2 Å². The molecule has 0 bridgehead atoms. The van der Waals surface area contributed by atoms with Crippen molar-refractivity contribution in [3.05, 3.63) is 39.9 Å². The van der Waals surface area contributed by atoms with Gasteiger partial charge in [0.15, 0.2) is 6.10 Å². The Morgan fingerprint density at radius 3 is 2.48 bits per heavy atom. The van der Waals surface area contributed by atoms with E-state index in [1.165, 1.54) is 38.5 Å². The summed E-state index contributed by atoms with van der Waals surface area (Å²) in [5.41, 5.74) is -0.169. The highest BCUT2D eigenvalue weighted by atomic mass is 16.6. The van der Waals surface area contributed by atoms with E-state index in [2.05, 4.69) is 5.32 Å². The van der Waals surface area contributed by atoms with Gasteiger partial charge in [0.1, 0.15) is 6.04 Å². The quantitative estimate of drug-likeness (QED) is 0.423. The predicted octanol–water partition coefficient (Wildman–Crippen LogP) is 2.44. The molecule has 1 N–H and O–H groups in total. The van der Waals surface area contributed by atoms with Crippen LogP contribution < -0.4 is 5.32 Å². The zero-order valence-corrected chi connectivity index (χ0v) is 16.9. The summed E-state index contributed by atoms with van der Waals surface area (Å²) in [6.45, 7) is 2.94. The molecule has 0 radical (unpaired) electrons. The van der Waals surface area contributed by atoms with Gasteiger partial charge >= 0.3 is 5.97 Å². The highest BCUT2D eigenvalue weighted by Crippen LogP contribution is 2.22. The number of ether oxygens (including phenoxy) is 1. The number of amides is 2. The molecule has 1 fully saturated rings. The Morgan fingerprint density at radius 1 is 1.21 bits per heavy atom. The second-order valence-electron chi connectivity index (χ2n) is 7.32. The Balaban J connectivity index is 1.90. The number of nitro groups is 1. The summed E-state index contributed by atoms with van der Waals surface area (Å²) in [4.78, 5) is 48.9. The summed E-state index contributed by atoms with van der Waals surface area (Å²) in [6.07, 6.45) is 4.25. The number of non-ortho nitro benzene ring substituents is 1. The molecule has 9 nitrogen and oxygen atoms in total. The molecule has 0 heterocycles. The zero-order valence-electron chi connectivity index (χ0n) is 16.9. The van der Waals surface area contributed by atoms with Crippen molar-refractivity contribution >= 4 is 23.5 Å². The first-order valence-electron chi connectivity index (χ1n) is 9.73. The van der Waals surface area contributed by atoms with E-state index < -0.39 is 28.9 Å². The van der Waals surface area contributed by atoms with E-state index >= 15 is 0 Å². The van der Waals surface area contributed by atoms with Gasteiger partial charge in [-0.25, -0.2) is 4.79 Å². The first-order valence-corrected chi connectivity index (χ1v) is 9.73. The van der Waals surface area contributed by atoms with E-state index in [0.717, 1.165) is 31.7 Å². The number of carbonyl (C=O) groups excluding carboxylic acids is 3. The number of benzene rings is 1. The maximum absolute atomic E-state index is 12.5. The van der Waals surface area contributed by atoms with Crippen LogP contribution >= 0.6 is 0 Å². The smallest absolute Gasteiger partial charge is 0.329 e. The van der Waals surface area contributed by atoms with Crippen LogP contribution in [0.2, 0.25) is 0 Å². The fourth-order valence-corrected chi connectivity index (χ4v) is 3.36. The molecular formula is C20H27N3O6. The van der Waals surface area contributed by atoms with Gasteiger partial charge in [-0.15, -0.1) is 0 Å². The molecule has 29 heavy (non-hydrogen) atoms. The number of esters is 1. The van der Waals surface area contributed by atoms with Crippen molar-refractivity contribution in [1.29, 1.82) is 0 Å². The Morgan fingerprint density at radius 2 is 1.86 bits per heavy atom. The number of likely N-dealkylation sites (N-methyl/N-ethyl adjacent to an activating group) is 1. The summed E-state index contributed by atoms with van der Waals surface area (Å²) in [7, 11) is 1.72. The molecule has 2 amide bonds. The zero-order chi connectivity index (χ0) is 21.6. The molecule has 158 valence electrons. The van der Waals surface area contributed by atoms with Gasteiger partial charge < -0.3 is 15.0 Å². The van der Waals surface area contributed by atoms with Crippen LogP contribution in [0.1, 0.15) is 56.3 Å². The summed E-state index contributed by atoms with van der Waals surface area (Å²) in [5, 5.41) is 13.3. The number of nitrogens with zero attached hydrogens (tertiary/aromatic N) is 2. The monoisotopic (exact) mass is 405 g/mol. The molecule has 0 aliphatic heterocycles. The predicted molar refractivity (Wildman–Crippen MR) is 105 cm³/mol. The van der Waals surface area contributed by atoms with Crippen LogP contribution in [-0.2, 0) is 14.3 Å². The number of rotatable bonds is 7. The Hall–Kier alpha value is -2.97. The fourth-order valence-electron chi connectivity index (χ4n) is 3.36. The van der Waals surface area contributed by atoms with Crippen molar-refractivity contribution in [3.63, 3.8) is 0 Å². The van der Waals surface area contributed by atoms with E-state index in [0.29, 0.717) is 0 Å². The van der Waals surface area contributed by atoms with Crippen molar-refractivity contribution < 1.29 is 24.0 Å². The molecule has 1 aromatic carbocycles. The molecule has 2 unspecified atom stereocenters. The number of nitrogens with one attached hydrogen (secondary N) is 1. The topological polar surface area (TPSA) is 119 Å². The maximum atomic E-state index is 12.5. The van der Waals surface area contributed by atoms with E-state index in [4.69, 9.17) is 4.74 Å². The molecule has 2 rings (SSSR count). The number of hydrogen-bond donors (Lipinski definition) is 1. The van der Waals surface area contributed by atoms with Gasteiger partial charge in [-0.2, -0.15) is 0 Å².